The standard InChI is InChI=1S/C22H28FN3O/c23-19-9-6-17(7-10-19)18-8-11-21(15-18)26-22(27)25-13-12-20(24)14-16-4-2-1-3-5-16/h1-7,9-10,18,20-21H,8,11-15,24H2,(H2,25,26,27). The summed E-state index contributed by atoms with van der Waals surface area (Å²) >= 11 is 0. The van der Waals surface area contributed by atoms with Gasteiger partial charge < -0.3 is 16.4 Å². The number of halogens is 1. The molecule has 0 aromatic heterocycles. The summed E-state index contributed by atoms with van der Waals surface area (Å²) in [5.41, 5.74) is 8.51. The summed E-state index contributed by atoms with van der Waals surface area (Å²) in [6.45, 7) is 0.563. The van der Waals surface area contributed by atoms with Crippen molar-refractivity contribution < 1.29 is 9.18 Å². The Labute approximate surface area is 160 Å². The molecule has 27 heavy (non-hydrogen) atoms. The van der Waals surface area contributed by atoms with Gasteiger partial charge in [-0.2, -0.15) is 0 Å². The number of nitrogens with one attached hydrogen (secondary N) is 2. The van der Waals surface area contributed by atoms with Crippen molar-refractivity contribution >= 4 is 6.03 Å². The molecule has 2 aromatic carbocycles. The van der Waals surface area contributed by atoms with Crippen molar-refractivity contribution in [1.29, 1.82) is 0 Å². The fourth-order valence-electron chi connectivity index (χ4n) is 3.78. The molecule has 0 bridgehead atoms. The number of hydrogen-bond acceptors (Lipinski definition) is 2. The van der Waals surface area contributed by atoms with Crippen LogP contribution in [0, 0.1) is 5.82 Å². The molecule has 3 rings (SSSR count). The molecule has 0 radical (unpaired) electrons. The van der Waals surface area contributed by atoms with Crippen LogP contribution in [0.1, 0.15) is 42.7 Å². The summed E-state index contributed by atoms with van der Waals surface area (Å²) in [6, 6.07) is 16.9. The maximum Gasteiger partial charge on any atom is 0.315 e. The molecule has 4 N–H and O–H groups in total. The Hall–Kier alpha value is -2.40. The molecule has 1 fully saturated rings. The fourth-order valence-corrected chi connectivity index (χ4v) is 3.78. The molecule has 1 aliphatic rings. The lowest BCUT2D eigenvalue weighted by molar-refractivity contribution is 0.236. The van der Waals surface area contributed by atoms with Gasteiger partial charge in [0.1, 0.15) is 5.82 Å². The molecule has 0 heterocycles. The van der Waals surface area contributed by atoms with Crippen molar-refractivity contribution in [3.63, 3.8) is 0 Å². The molecule has 2 amide bonds. The summed E-state index contributed by atoms with van der Waals surface area (Å²) in [5.74, 6) is 0.173. The highest BCUT2D eigenvalue weighted by molar-refractivity contribution is 5.74. The van der Waals surface area contributed by atoms with Gasteiger partial charge in [-0.25, -0.2) is 9.18 Å². The Balaban J connectivity index is 1.34. The highest BCUT2D eigenvalue weighted by atomic mass is 19.1. The molecule has 0 saturated heterocycles. The van der Waals surface area contributed by atoms with Crippen LogP contribution in [0.4, 0.5) is 9.18 Å². The average molecular weight is 369 g/mol. The number of carbonyl (C=O) groups is 1. The smallest absolute Gasteiger partial charge is 0.315 e. The topological polar surface area (TPSA) is 67.1 Å². The van der Waals surface area contributed by atoms with Gasteiger partial charge in [-0.1, -0.05) is 42.5 Å². The molecule has 4 nitrogen and oxygen atoms in total. The van der Waals surface area contributed by atoms with Crippen LogP contribution in [0.2, 0.25) is 0 Å². The summed E-state index contributed by atoms with van der Waals surface area (Å²) in [6.07, 6.45) is 4.41. The quantitative estimate of drug-likeness (QED) is 0.696. The number of amides is 2. The molecule has 3 unspecified atom stereocenters. The first-order valence-electron chi connectivity index (χ1n) is 9.69. The molecule has 3 atom stereocenters. The second kappa shape index (κ2) is 9.51. The van der Waals surface area contributed by atoms with E-state index in [0.717, 1.165) is 37.7 Å². The molecule has 0 aliphatic heterocycles. The largest absolute Gasteiger partial charge is 0.338 e. The van der Waals surface area contributed by atoms with Crippen molar-refractivity contribution in [1.82, 2.24) is 10.6 Å². The third-order valence-electron chi connectivity index (χ3n) is 5.25. The van der Waals surface area contributed by atoms with E-state index in [1.807, 2.05) is 30.3 Å². The fraction of sp³-hybridized carbons (Fsp3) is 0.409. The zero-order valence-electron chi connectivity index (χ0n) is 15.5. The van der Waals surface area contributed by atoms with Crippen LogP contribution in [0.5, 0.6) is 0 Å². The Morgan fingerprint density at radius 2 is 1.85 bits per heavy atom. The Kier molecular flexibility index (Phi) is 6.82. The first-order chi connectivity index (χ1) is 13.1. The predicted molar refractivity (Wildman–Crippen MR) is 106 cm³/mol. The first-order valence-corrected chi connectivity index (χ1v) is 9.69. The van der Waals surface area contributed by atoms with Gasteiger partial charge in [-0.05, 0) is 61.3 Å². The van der Waals surface area contributed by atoms with E-state index in [0.29, 0.717) is 12.5 Å². The van der Waals surface area contributed by atoms with E-state index in [-0.39, 0.29) is 23.9 Å². The molecule has 1 aliphatic carbocycles. The number of benzene rings is 2. The number of carbonyl (C=O) groups excluding carboxylic acids is 1. The minimum Gasteiger partial charge on any atom is -0.338 e. The zero-order chi connectivity index (χ0) is 19.1. The lowest BCUT2D eigenvalue weighted by Crippen LogP contribution is -2.42. The number of hydrogen-bond donors (Lipinski definition) is 3. The normalized spacial score (nSPS) is 20.2. The highest BCUT2D eigenvalue weighted by Gasteiger charge is 2.26. The SMILES string of the molecule is NC(CCNC(=O)NC1CCC(c2ccc(F)cc2)C1)Cc1ccccc1. The van der Waals surface area contributed by atoms with E-state index in [4.69, 9.17) is 5.73 Å². The van der Waals surface area contributed by atoms with Crippen LogP contribution >= 0.6 is 0 Å². The van der Waals surface area contributed by atoms with E-state index < -0.39 is 0 Å². The summed E-state index contributed by atoms with van der Waals surface area (Å²) in [4.78, 5) is 12.1. The van der Waals surface area contributed by atoms with E-state index in [2.05, 4.69) is 22.8 Å². The van der Waals surface area contributed by atoms with Gasteiger partial charge >= 0.3 is 6.03 Å². The first kappa shape index (κ1) is 19.4. The lowest BCUT2D eigenvalue weighted by atomic mass is 9.97. The summed E-state index contributed by atoms with van der Waals surface area (Å²) < 4.78 is 13.0. The maximum absolute atomic E-state index is 13.0. The Morgan fingerprint density at radius 3 is 2.59 bits per heavy atom. The lowest BCUT2D eigenvalue weighted by Gasteiger charge is -2.16. The van der Waals surface area contributed by atoms with E-state index >= 15 is 0 Å². The third kappa shape index (κ3) is 6.07. The highest BCUT2D eigenvalue weighted by Crippen LogP contribution is 2.34. The van der Waals surface area contributed by atoms with Crippen molar-refractivity contribution in [2.75, 3.05) is 6.54 Å². The van der Waals surface area contributed by atoms with E-state index in [9.17, 15) is 9.18 Å². The van der Waals surface area contributed by atoms with Crippen molar-refractivity contribution in [2.24, 2.45) is 5.73 Å². The van der Waals surface area contributed by atoms with Gasteiger partial charge in [0, 0.05) is 18.6 Å². The number of rotatable bonds is 7. The van der Waals surface area contributed by atoms with E-state index in [1.165, 1.54) is 17.7 Å². The molecule has 1 saturated carbocycles. The second-order valence-electron chi connectivity index (χ2n) is 7.40. The van der Waals surface area contributed by atoms with Gasteiger partial charge in [-0.3, -0.25) is 0 Å². The van der Waals surface area contributed by atoms with Gasteiger partial charge in [0.15, 0.2) is 0 Å². The van der Waals surface area contributed by atoms with Gasteiger partial charge in [0.25, 0.3) is 0 Å². The molecule has 5 heteroatoms. The predicted octanol–water partition coefficient (Wildman–Crippen LogP) is 3.72. The Morgan fingerprint density at radius 1 is 1.11 bits per heavy atom. The molecule has 144 valence electrons. The molecule has 2 aromatic rings. The number of nitrogens with two attached hydrogens (primary N) is 1. The van der Waals surface area contributed by atoms with Crippen LogP contribution in [0.3, 0.4) is 0 Å². The van der Waals surface area contributed by atoms with Crippen LogP contribution in [0.15, 0.2) is 54.6 Å². The monoisotopic (exact) mass is 369 g/mol. The van der Waals surface area contributed by atoms with Crippen LogP contribution < -0.4 is 16.4 Å². The van der Waals surface area contributed by atoms with Crippen molar-refractivity contribution in [3.8, 4) is 0 Å². The zero-order valence-corrected chi connectivity index (χ0v) is 15.5. The van der Waals surface area contributed by atoms with E-state index in [1.54, 1.807) is 0 Å². The van der Waals surface area contributed by atoms with Crippen molar-refractivity contribution in [3.05, 3.63) is 71.5 Å². The van der Waals surface area contributed by atoms with Gasteiger partial charge in [0.05, 0.1) is 0 Å². The van der Waals surface area contributed by atoms with Crippen LogP contribution in [-0.2, 0) is 6.42 Å². The average Bonchev–Trinajstić information content (AvgIpc) is 3.11. The maximum atomic E-state index is 13.0. The van der Waals surface area contributed by atoms with Crippen LogP contribution in [0.25, 0.3) is 0 Å². The molecule has 0 spiro atoms. The van der Waals surface area contributed by atoms with Crippen LogP contribution in [-0.4, -0.2) is 24.7 Å². The summed E-state index contributed by atoms with van der Waals surface area (Å²) in [7, 11) is 0. The minimum absolute atomic E-state index is 0.0297. The minimum atomic E-state index is -0.212. The second-order valence-corrected chi connectivity index (χ2v) is 7.40. The molecular weight excluding hydrogens is 341 g/mol. The third-order valence-corrected chi connectivity index (χ3v) is 5.25. The van der Waals surface area contributed by atoms with Gasteiger partial charge in [-0.15, -0.1) is 0 Å². The van der Waals surface area contributed by atoms with Crippen molar-refractivity contribution in [2.45, 2.75) is 50.1 Å². The Bertz CT molecular complexity index is 720. The van der Waals surface area contributed by atoms with Gasteiger partial charge in [0.2, 0.25) is 0 Å². The number of urea groups is 1. The summed E-state index contributed by atoms with van der Waals surface area (Å²) in [5, 5.41) is 5.96. The molecular formula is C22H28FN3O.